The minimum atomic E-state index is -0.550. The van der Waals surface area contributed by atoms with E-state index in [9.17, 15) is 14.4 Å². The van der Waals surface area contributed by atoms with Gasteiger partial charge in [-0.05, 0) is 46.2 Å². The third kappa shape index (κ3) is 10.1. The molecule has 1 aliphatic carbocycles. The quantitative estimate of drug-likeness (QED) is 0.264. The Labute approximate surface area is 214 Å². The van der Waals surface area contributed by atoms with Gasteiger partial charge >= 0.3 is 6.09 Å². The third-order valence-electron chi connectivity index (χ3n) is 5.42. The summed E-state index contributed by atoms with van der Waals surface area (Å²) < 4.78 is 10.6. The molecule has 9 nitrogen and oxygen atoms in total. The number of ketones is 2. The molecule has 36 heavy (non-hydrogen) atoms. The Morgan fingerprint density at radius 1 is 0.944 bits per heavy atom. The first kappa shape index (κ1) is 28.9. The normalized spacial score (nSPS) is 13.7. The van der Waals surface area contributed by atoms with Crippen molar-refractivity contribution < 1.29 is 23.9 Å². The highest BCUT2D eigenvalue weighted by atomic mass is 16.6. The summed E-state index contributed by atoms with van der Waals surface area (Å²) in [6.45, 7) is 11.4. The Bertz CT molecular complexity index is 965. The van der Waals surface area contributed by atoms with Crippen molar-refractivity contribution in [3.8, 4) is 5.75 Å². The van der Waals surface area contributed by atoms with Crippen molar-refractivity contribution in [2.75, 3.05) is 39.8 Å². The van der Waals surface area contributed by atoms with E-state index < -0.39 is 11.7 Å². The smallest absolute Gasteiger partial charge is 0.407 e. The fourth-order valence-electron chi connectivity index (χ4n) is 3.60. The van der Waals surface area contributed by atoms with E-state index >= 15 is 0 Å². The van der Waals surface area contributed by atoms with Gasteiger partial charge in [0.15, 0.2) is 0 Å². The number of para-hydroxylation sites is 1. The molecular formula is C27H40N4O5. The Morgan fingerprint density at radius 3 is 2.14 bits per heavy atom. The monoisotopic (exact) mass is 500 g/mol. The van der Waals surface area contributed by atoms with Gasteiger partial charge in [-0.1, -0.05) is 25.1 Å². The number of amides is 1. The van der Waals surface area contributed by atoms with Gasteiger partial charge in [-0.3, -0.25) is 14.5 Å². The lowest BCUT2D eigenvalue weighted by Gasteiger charge is -2.22. The topological polar surface area (TPSA) is 109 Å². The number of carbonyl (C=O) groups excluding carboxylic acids is 3. The standard InChI is InChI=1S/C27H40N4O5/c1-6-31(19-20-11-7-8-12-25(20)35-5)16-10-15-29-22-18-23(32)21(17-24(22)33)28-13-9-14-30-26(34)36-27(2,3)4/h7-8,11-12,17-18,28-29H,6,9-10,13-16,19H2,1-5H3,(H,30,34). The number of ether oxygens (including phenoxy) is 2. The van der Waals surface area contributed by atoms with Crippen molar-refractivity contribution >= 4 is 17.7 Å². The van der Waals surface area contributed by atoms with Gasteiger partial charge in [0.1, 0.15) is 11.4 Å². The largest absolute Gasteiger partial charge is 0.496 e. The lowest BCUT2D eigenvalue weighted by molar-refractivity contribution is -0.115. The molecule has 0 radical (unpaired) electrons. The molecule has 0 unspecified atom stereocenters. The minimum Gasteiger partial charge on any atom is -0.496 e. The lowest BCUT2D eigenvalue weighted by atomic mass is 10.1. The van der Waals surface area contributed by atoms with Crippen LogP contribution in [0.3, 0.4) is 0 Å². The van der Waals surface area contributed by atoms with Gasteiger partial charge < -0.3 is 25.4 Å². The number of benzene rings is 1. The highest BCUT2D eigenvalue weighted by molar-refractivity contribution is 6.19. The van der Waals surface area contributed by atoms with Crippen LogP contribution in [0.5, 0.6) is 5.75 Å². The molecule has 0 aliphatic heterocycles. The first-order valence-corrected chi connectivity index (χ1v) is 12.4. The molecule has 0 heterocycles. The summed E-state index contributed by atoms with van der Waals surface area (Å²) in [6, 6.07) is 7.98. The number of hydrogen-bond donors (Lipinski definition) is 3. The molecular weight excluding hydrogens is 460 g/mol. The van der Waals surface area contributed by atoms with Crippen molar-refractivity contribution in [2.24, 2.45) is 0 Å². The second-order valence-corrected chi connectivity index (χ2v) is 9.51. The molecule has 9 heteroatoms. The summed E-state index contributed by atoms with van der Waals surface area (Å²) >= 11 is 0. The Kier molecular flexibility index (Phi) is 11.5. The zero-order chi connectivity index (χ0) is 26.6. The van der Waals surface area contributed by atoms with Crippen LogP contribution >= 0.6 is 0 Å². The van der Waals surface area contributed by atoms with E-state index in [1.54, 1.807) is 27.9 Å². The summed E-state index contributed by atoms with van der Waals surface area (Å²) in [6.07, 6.45) is 3.59. The van der Waals surface area contributed by atoms with Crippen LogP contribution in [-0.4, -0.2) is 68.0 Å². The fourth-order valence-corrected chi connectivity index (χ4v) is 3.60. The van der Waals surface area contributed by atoms with E-state index in [1.807, 2.05) is 18.2 Å². The molecule has 198 valence electrons. The van der Waals surface area contributed by atoms with Gasteiger partial charge in [0.05, 0.1) is 18.5 Å². The van der Waals surface area contributed by atoms with Crippen LogP contribution in [0.1, 0.15) is 46.1 Å². The number of alkyl carbamates (subject to hydrolysis) is 1. The second-order valence-electron chi connectivity index (χ2n) is 9.51. The molecule has 0 spiro atoms. The number of allylic oxidation sites excluding steroid dienone is 2. The summed E-state index contributed by atoms with van der Waals surface area (Å²) in [7, 11) is 1.68. The van der Waals surface area contributed by atoms with E-state index in [0.717, 1.165) is 37.4 Å². The van der Waals surface area contributed by atoms with Crippen molar-refractivity contribution in [3.63, 3.8) is 0 Å². The van der Waals surface area contributed by atoms with Crippen molar-refractivity contribution in [3.05, 3.63) is 53.4 Å². The Morgan fingerprint density at radius 2 is 1.56 bits per heavy atom. The molecule has 0 bridgehead atoms. The molecule has 0 saturated carbocycles. The van der Waals surface area contributed by atoms with Crippen molar-refractivity contribution in [2.45, 2.75) is 52.7 Å². The predicted octanol–water partition coefficient (Wildman–Crippen LogP) is 2.92. The lowest BCUT2D eigenvalue weighted by Crippen LogP contribution is -2.34. The van der Waals surface area contributed by atoms with Gasteiger partial charge in [0.25, 0.3) is 0 Å². The van der Waals surface area contributed by atoms with E-state index in [1.165, 1.54) is 12.2 Å². The van der Waals surface area contributed by atoms with Crippen molar-refractivity contribution in [1.29, 1.82) is 0 Å². The molecule has 0 fully saturated rings. The van der Waals surface area contributed by atoms with Crippen LogP contribution in [0, 0.1) is 0 Å². The molecule has 0 saturated heterocycles. The zero-order valence-corrected chi connectivity index (χ0v) is 22.1. The average Bonchev–Trinajstić information content (AvgIpc) is 2.82. The van der Waals surface area contributed by atoms with Crippen LogP contribution in [0.4, 0.5) is 4.79 Å². The number of carbonyl (C=O) groups is 3. The number of nitrogens with zero attached hydrogens (tertiary/aromatic N) is 1. The molecule has 2 rings (SSSR count). The zero-order valence-electron chi connectivity index (χ0n) is 22.1. The second kappa shape index (κ2) is 14.3. The molecule has 0 atom stereocenters. The highest BCUT2D eigenvalue weighted by Crippen LogP contribution is 2.19. The summed E-state index contributed by atoms with van der Waals surface area (Å²) in [5.41, 5.74) is 1.16. The van der Waals surface area contributed by atoms with Crippen LogP contribution < -0.4 is 20.7 Å². The van der Waals surface area contributed by atoms with Gasteiger partial charge in [0, 0.05) is 50.4 Å². The number of methoxy groups -OCH3 is 1. The van der Waals surface area contributed by atoms with E-state index in [4.69, 9.17) is 9.47 Å². The molecule has 1 aromatic carbocycles. The molecule has 1 aliphatic rings. The molecule has 3 N–H and O–H groups in total. The van der Waals surface area contributed by atoms with E-state index in [0.29, 0.717) is 31.8 Å². The number of nitrogens with one attached hydrogen (secondary N) is 3. The third-order valence-corrected chi connectivity index (χ3v) is 5.42. The average molecular weight is 501 g/mol. The maximum atomic E-state index is 12.5. The number of rotatable bonds is 14. The summed E-state index contributed by atoms with van der Waals surface area (Å²) in [5, 5.41) is 8.74. The van der Waals surface area contributed by atoms with E-state index in [-0.39, 0.29) is 17.3 Å². The fraction of sp³-hybridized carbons (Fsp3) is 0.519. The molecule has 0 aromatic heterocycles. The van der Waals surface area contributed by atoms with Gasteiger partial charge in [-0.25, -0.2) is 4.79 Å². The summed E-state index contributed by atoms with van der Waals surface area (Å²) in [4.78, 5) is 38.8. The van der Waals surface area contributed by atoms with Crippen LogP contribution in [0.25, 0.3) is 0 Å². The first-order valence-electron chi connectivity index (χ1n) is 12.4. The Balaban J connectivity index is 1.70. The van der Waals surface area contributed by atoms with E-state index in [2.05, 4.69) is 33.8 Å². The first-order chi connectivity index (χ1) is 17.1. The van der Waals surface area contributed by atoms with Gasteiger partial charge in [-0.15, -0.1) is 0 Å². The maximum absolute atomic E-state index is 12.5. The van der Waals surface area contributed by atoms with Crippen molar-refractivity contribution in [1.82, 2.24) is 20.9 Å². The summed E-state index contributed by atoms with van der Waals surface area (Å²) in [5.74, 6) is 0.398. The Hall–Kier alpha value is -3.33. The molecule has 1 aromatic rings. The maximum Gasteiger partial charge on any atom is 0.407 e. The van der Waals surface area contributed by atoms with Gasteiger partial charge in [-0.2, -0.15) is 0 Å². The highest BCUT2D eigenvalue weighted by Gasteiger charge is 2.20. The SMILES string of the molecule is CCN(CCCNC1=CC(=O)C(NCCCNC(=O)OC(C)(C)C)=CC1=O)Cc1ccccc1OC. The van der Waals surface area contributed by atoms with Crippen LogP contribution in [0.2, 0.25) is 0 Å². The molecule has 1 amide bonds. The van der Waals surface area contributed by atoms with Gasteiger partial charge in [0.2, 0.25) is 11.6 Å². The minimum absolute atomic E-state index is 0.231. The van der Waals surface area contributed by atoms with Crippen LogP contribution in [-0.2, 0) is 20.9 Å². The van der Waals surface area contributed by atoms with Crippen LogP contribution in [0.15, 0.2) is 47.8 Å². The number of hydrogen-bond acceptors (Lipinski definition) is 8. The predicted molar refractivity (Wildman–Crippen MR) is 140 cm³/mol.